The summed E-state index contributed by atoms with van der Waals surface area (Å²) >= 11 is 12.4. The molecule has 0 spiro atoms. The Bertz CT molecular complexity index is 1210. The summed E-state index contributed by atoms with van der Waals surface area (Å²) in [6.45, 7) is 0.334. The number of hydrogen-bond acceptors (Lipinski definition) is 4. The molecule has 0 bridgehead atoms. The average molecular weight is 499 g/mol. The molecule has 4 rings (SSSR count). The van der Waals surface area contributed by atoms with Crippen molar-refractivity contribution in [2.75, 3.05) is 13.7 Å². The normalized spacial score (nSPS) is 13.9. The number of halogens is 2. The van der Waals surface area contributed by atoms with Gasteiger partial charge in [0.25, 0.3) is 0 Å². The van der Waals surface area contributed by atoms with E-state index in [0.717, 1.165) is 16.7 Å². The molecule has 5 nitrogen and oxygen atoms in total. The number of ether oxygens (including phenoxy) is 2. The Balaban J connectivity index is 1.53. The largest absolute Gasteiger partial charge is 0.493 e. The van der Waals surface area contributed by atoms with Gasteiger partial charge in [0, 0.05) is 29.5 Å². The van der Waals surface area contributed by atoms with Gasteiger partial charge in [0.1, 0.15) is 0 Å². The summed E-state index contributed by atoms with van der Waals surface area (Å²) < 4.78 is 11.3. The zero-order chi connectivity index (χ0) is 24.3. The van der Waals surface area contributed by atoms with Crippen molar-refractivity contribution in [2.45, 2.75) is 25.7 Å². The number of hydrogen-bond donors (Lipinski definition) is 1. The maximum Gasteiger partial charge on any atom is 0.310 e. The fourth-order valence-corrected chi connectivity index (χ4v) is 4.91. The van der Waals surface area contributed by atoms with Crippen LogP contribution < -0.4 is 9.47 Å². The van der Waals surface area contributed by atoms with E-state index in [0.29, 0.717) is 42.4 Å². The maximum atomic E-state index is 13.3. The molecule has 0 radical (unpaired) electrons. The monoisotopic (exact) mass is 498 g/mol. The third kappa shape index (κ3) is 5.06. The minimum Gasteiger partial charge on any atom is -0.493 e. The molecule has 0 saturated heterocycles. The SMILES string of the molecule is COc1cc(Cl)c(C(=O)CC2(C(=O)O)Cc3ccccc3C2)cc1OCCc1cccc(Cl)c1. The summed E-state index contributed by atoms with van der Waals surface area (Å²) in [5, 5.41) is 10.9. The molecule has 3 aromatic carbocycles. The minimum absolute atomic E-state index is 0.162. The molecule has 0 fully saturated rings. The summed E-state index contributed by atoms with van der Waals surface area (Å²) in [4.78, 5) is 25.6. The molecule has 1 N–H and O–H groups in total. The van der Waals surface area contributed by atoms with E-state index >= 15 is 0 Å². The summed E-state index contributed by atoms with van der Waals surface area (Å²) in [5.41, 5.74) is 1.96. The zero-order valence-electron chi connectivity index (χ0n) is 18.6. The van der Waals surface area contributed by atoms with E-state index in [1.807, 2.05) is 42.5 Å². The van der Waals surface area contributed by atoms with Gasteiger partial charge in [0.2, 0.25) is 0 Å². The number of Topliss-reactive ketones (excluding diaryl/α,β-unsaturated/α-hetero) is 1. The lowest BCUT2D eigenvalue weighted by Crippen LogP contribution is -2.34. The molecule has 1 aliphatic rings. The van der Waals surface area contributed by atoms with Crippen molar-refractivity contribution in [3.05, 3.63) is 93.0 Å². The molecule has 0 unspecified atom stereocenters. The second-order valence-electron chi connectivity index (χ2n) is 8.52. The van der Waals surface area contributed by atoms with Crippen LogP contribution in [0, 0.1) is 5.41 Å². The van der Waals surface area contributed by atoms with Crippen molar-refractivity contribution in [1.29, 1.82) is 0 Å². The number of fused-ring (bicyclic) bond motifs is 1. The van der Waals surface area contributed by atoms with Gasteiger partial charge in [0.05, 0.1) is 24.2 Å². The van der Waals surface area contributed by atoms with Crippen LogP contribution in [0.4, 0.5) is 0 Å². The molecule has 7 heteroatoms. The summed E-state index contributed by atoms with van der Waals surface area (Å²) in [7, 11) is 1.49. The number of carboxylic acid groups (broad SMARTS) is 1. The Kier molecular flexibility index (Phi) is 7.15. The van der Waals surface area contributed by atoms with Gasteiger partial charge in [-0.2, -0.15) is 0 Å². The number of carbonyl (C=O) groups excluding carboxylic acids is 1. The van der Waals surface area contributed by atoms with Gasteiger partial charge < -0.3 is 14.6 Å². The molecule has 0 heterocycles. The smallest absolute Gasteiger partial charge is 0.310 e. The molecule has 34 heavy (non-hydrogen) atoms. The van der Waals surface area contributed by atoms with Gasteiger partial charge in [0.15, 0.2) is 17.3 Å². The first-order chi connectivity index (χ1) is 16.3. The first-order valence-electron chi connectivity index (χ1n) is 10.9. The number of ketones is 1. The van der Waals surface area contributed by atoms with E-state index in [9.17, 15) is 14.7 Å². The molecule has 0 saturated carbocycles. The Morgan fingerprint density at radius 3 is 2.29 bits per heavy atom. The van der Waals surface area contributed by atoms with Gasteiger partial charge in [-0.25, -0.2) is 0 Å². The standard InChI is InChI=1S/C27H24Cl2O5/c1-33-24-13-22(29)21(12-25(24)34-10-9-17-5-4-8-20(28)11-17)23(30)16-27(26(31)32)14-18-6-2-3-7-19(18)15-27/h2-8,11-13H,9-10,14-16H2,1H3,(H,31,32). The summed E-state index contributed by atoms with van der Waals surface area (Å²) in [6, 6.07) is 18.2. The van der Waals surface area contributed by atoms with Crippen molar-refractivity contribution in [3.63, 3.8) is 0 Å². The van der Waals surface area contributed by atoms with E-state index in [1.54, 1.807) is 12.1 Å². The highest BCUT2D eigenvalue weighted by molar-refractivity contribution is 6.34. The van der Waals surface area contributed by atoms with Gasteiger partial charge >= 0.3 is 5.97 Å². The molecular formula is C27H24Cl2O5. The molecule has 3 aromatic rings. The number of benzene rings is 3. The topological polar surface area (TPSA) is 72.8 Å². The lowest BCUT2D eigenvalue weighted by molar-refractivity contribution is -0.148. The van der Waals surface area contributed by atoms with Crippen molar-refractivity contribution >= 4 is 35.0 Å². The Hall–Kier alpha value is -3.02. The molecular weight excluding hydrogens is 475 g/mol. The third-order valence-corrected chi connectivity index (χ3v) is 6.77. The first kappa shape index (κ1) is 24.1. The Morgan fingerprint density at radius 1 is 0.971 bits per heavy atom. The van der Waals surface area contributed by atoms with Gasteiger partial charge in [-0.1, -0.05) is 59.6 Å². The second kappa shape index (κ2) is 10.1. The van der Waals surface area contributed by atoms with Gasteiger partial charge in [-0.05, 0) is 47.7 Å². The minimum atomic E-state index is -1.20. The fourth-order valence-electron chi connectivity index (χ4n) is 4.44. The van der Waals surface area contributed by atoms with E-state index in [2.05, 4.69) is 0 Å². The number of aliphatic carboxylic acids is 1. The van der Waals surface area contributed by atoms with Crippen LogP contribution in [0.1, 0.15) is 33.5 Å². The van der Waals surface area contributed by atoms with Crippen molar-refractivity contribution < 1.29 is 24.2 Å². The van der Waals surface area contributed by atoms with Crippen LogP contribution in [-0.4, -0.2) is 30.6 Å². The molecule has 1 aliphatic carbocycles. The van der Waals surface area contributed by atoms with E-state index < -0.39 is 11.4 Å². The van der Waals surface area contributed by atoms with Gasteiger partial charge in [-0.3, -0.25) is 9.59 Å². The van der Waals surface area contributed by atoms with Crippen LogP contribution in [0.3, 0.4) is 0 Å². The lowest BCUT2D eigenvalue weighted by atomic mass is 9.79. The quantitative estimate of drug-likeness (QED) is 0.362. The van der Waals surface area contributed by atoms with Crippen LogP contribution in [0.25, 0.3) is 0 Å². The van der Waals surface area contributed by atoms with Crippen molar-refractivity contribution in [1.82, 2.24) is 0 Å². The number of carboxylic acids is 1. The highest BCUT2D eigenvalue weighted by atomic mass is 35.5. The fraction of sp³-hybridized carbons (Fsp3) is 0.259. The zero-order valence-corrected chi connectivity index (χ0v) is 20.2. The average Bonchev–Trinajstić information content (AvgIpc) is 3.19. The number of rotatable bonds is 9. The van der Waals surface area contributed by atoms with Gasteiger partial charge in [-0.15, -0.1) is 0 Å². The first-order valence-corrected chi connectivity index (χ1v) is 11.6. The number of carbonyl (C=O) groups is 2. The van der Waals surface area contributed by atoms with E-state index in [-0.39, 0.29) is 22.8 Å². The predicted octanol–water partition coefficient (Wildman–Crippen LogP) is 6.07. The molecule has 0 aromatic heterocycles. The van der Waals surface area contributed by atoms with Crippen LogP contribution in [-0.2, 0) is 24.1 Å². The van der Waals surface area contributed by atoms with Crippen LogP contribution in [0.5, 0.6) is 11.5 Å². The third-order valence-electron chi connectivity index (χ3n) is 6.22. The van der Waals surface area contributed by atoms with Crippen molar-refractivity contribution in [2.24, 2.45) is 5.41 Å². The summed E-state index contributed by atoms with van der Waals surface area (Å²) in [5.74, 6) is -0.563. The molecule has 0 atom stereocenters. The number of methoxy groups -OCH3 is 1. The second-order valence-corrected chi connectivity index (χ2v) is 9.36. The highest BCUT2D eigenvalue weighted by Gasteiger charge is 2.45. The highest BCUT2D eigenvalue weighted by Crippen LogP contribution is 2.42. The Labute approximate surface area is 208 Å². The van der Waals surface area contributed by atoms with E-state index in [4.69, 9.17) is 32.7 Å². The summed E-state index contributed by atoms with van der Waals surface area (Å²) in [6.07, 6.45) is 1.06. The van der Waals surface area contributed by atoms with Crippen LogP contribution in [0.2, 0.25) is 10.0 Å². The molecule has 0 amide bonds. The molecule has 176 valence electrons. The van der Waals surface area contributed by atoms with Crippen molar-refractivity contribution in [3.8, 4) is 11.5 Å². The van der Waals surface area contributed by atoms with E-state index in [1.165, 1.54) is 13.2 Å². The lowest BCUT2D eigenvalue weighted by Gasteiger charge is -2.23. The molecule has 0 aliphatic heterocycles. The van der Waals surface area contributed by atoms with Crippen LogP contribution in [0.15, 0.2) is 60.7 Å². The maximum absolute atomic E-state index is 13.3. The van der Waals surface area contributed by atoms with Crippen LogP contribution >= 0.6 is 23.2 Å². The predicted molar refractivity (Wildman–Crippen MR) is 132 cm³/mol. The Morgan fingerprint density at radius 2 is 1.68 bits per heavy atom.